The summed E-state index contributed by atoms with van der Waals surface area (Å²) in [5.74, 6) is 5.32. The Morgan fingerprint density at radius 3 is 2.91 bits per heavy atom. The zero-order chi connectivity index (χ0) is 15.8. The molecule has 2 heteroatoms. The van der Waals surface area contributed by atoms with Gasteiger partial charge in [0.05, 0.1) is 12.9 Å². The van der Waals surface area contributed by atoms with E-state index in [1.54, 1.807) is 18.3 Å². The fourth-order valence-electron chi connectivity index (χ4n) is 7.07. The van der Waals surface area contributed by atoms with Crippen LogP contribution in [0.1, 0.15) is 58.3 Å². The molecule has 3 saturated carbocycles. The first-order valence-electron chi connectivity index (χ1n) is 9.67. The lowest BCUT2D eigenvalue weighted by atomic mass is 9.52. The third-order valence-electron chi connectivity index (χ3n) is 8.16. The first-order chi connectivity index (χ1) is 11.2. The molecule has 5 aliphatic carbocycles. The fourth-order valence-corrected chi connectivity index (χ4v) is 7.07. The van der Waals surface area contributed by atoms with Gasteiger partial charge in [-0.25, -0.2) is 0 Å². The Balaban J connectivity index is 1.48. The second kappa shape index (κ2) is 4.74. The van der Waals surface area contributed by atoms with Gasteiger partial charge >= 0.3 is 0 Å². The number of carbonyl (C=O) groups excluding carboxylic acids is 1. The molecule has 6 atom stereocenters. The maximum Gasteiger partial charge on any atom is 0.142 e. The maximum absolute atomic E-state index is 12.9. The van der Waals surface area contributed by atoms with Crippen molar-refractivity contribution >= 4 is 5.78 Å². The van der Waals surface area contributed by atoms with Crippen LogP contribution in [0.5, 0.6) is 0 Å². The molecular formula is C21H28O2. The highest BCUT2D eigenvalue weighted by atomic mass is 16.5. The van der Waals surface area contributed by atoms with E-state index >= 15 is 0 Å². The molecule has 0 bridgehead atoms. The monoisotopic (exact) mass is 312 g/mol. The Hall–Kier alpha value is -1.05. The van der Waals surface area contributed by atoms with Crippen molar-refractivity contribution in [2.45, 2.75) is 58.3 Å². The minimum absolute atomic E-state index is 0.0784. The average molecular weight is 312 g/mol. The smallest absolute Gasteiger partial charge is 0.142 e. The Morgan fingerprint density at radius 2 is 2.13 bits per heavy atom. The van der Waals surface area contributed by atoms with Crippen molar-refractivity contribution in [1.29, 1.82) is 0 Å². The predicted octanol–water partition coefficient (Wildman–Crippen LogP) is 4.66. The molecule has 0 aliphatic heterocycles. The van der Waals surface area contributed by atoms with Gasteiger partial charge < -0.3 is 4.74 Å². The number of carbonyl (C=O) groups is 1. The highest BCUT2D eigenvalue weighted by molar-refractivity contribution is 5.93. The molecule has 0 unspecified atom stereocenters. The van der Waals surface area contributed by atoms with Crippen LogP contribution in [0.25, 0.3) is 0 Å². The lowest BCUT2D eigenvalue weighted by Crippen LogP contribution is -2.47. The fraction of sp³-hybridized carbons (Fsp3) is 0.762. The molecule has 23 heavy (non-hydrogen) atoms. The van der Waals surface area contributed by atoms with Crippen molar-refractivity contribution in [2.75, 3.05) is 7.11 Å². The summed E-state index contributed by atoms with van der Waals surface area (Å²) in [6, 6.07) is 0. The maximum atomic E-state index is 12.9. The summed E-state index contributed by atoms with van der Waals surface area (Å²) in [5, 5.41) is 0. The number of allylic oxidation sites excluding steroid dienone is 3. The van der Waals surface area contributed by atoms with Crippen LogP contribution >= 0.6 is 0 Å². The van der Waals surface area contributed by atoms with Crippen molar-refractivity contribution in [3.63, 3.8) is 0 Å². The summed E-state index contributed by atoms with van der Waals surface area (Å²) in [7, 11) is 1.80. The molecule has 3 fully saturated rings. The molecule has 5 rings (SSSR count). The summed E-state index contributed by atoms with van der Waals surface area (Å²) in [4.78, 5) is 12.9. The molecule has 0 radical (unpaired) electrons. The number of rotatable bonds is 2. The zero-order valence-corrected chi connectivity index (χ0v) is 14.4. The van der Waals surface area contributed by atoms with Crippen LogP contribution in [0.3, 0.4) is 0 Å². The number of hydrogen-bond acceptors (Lipinski definition) is 2. The standard InChI is InChI=1S/C21H28O2/c1-3-21-9-8-15-14-7-5-13(23-2)10-12(14)4-6-16(15)19(21)17-11-18(17)20(21)22/h5,15-19H,3-4,6-11H2,1-2H3/t15-,16-,17+,18-,19-,21+/m1/s1. The minimum atomic E-state index is 0.0784. The zero-order valence-electron chi connectivity index (χ0n) is 14.4. The van der Waals surface area contributed by atoms with Gasteiger partial charge in [-0.1, -0.05) is 18.1 Å². The van der Waals surface area contributed by atoms with Crippen molar-refractivity contribution < 1.29 is 9.53 Å². The Morgan fingerprint density at radius 1 is 1.26 bits per heavy atom. The first-order valence-corrected chi connectivity index (χ1v) is 9.67. The lowest BCUT2D eigenvalue weighted by Gasteiger charge is -2.51. The van der Waals surface area contributed by atoms with Crippen molar-refractivity contribution in [2.24, 2.45) is 35.0 Å². The van der Waals surface area contributed by atoms with Crippen molar-refractivity contribution in [1.82, 2.24) is 0 Å². The summed E-state index contributed by atoms with van der Waals surface area (Å²) in [5.41, 5.74) is 3.49. The highest BCUT2D eigenvalue weighted by Crippen LogP contribution is 2.71. The van der Waals surface area contributed by atoms with Gasteiger partial charge in [-0.3, -0.25) is 4.79 Å². The molecule has 0 amide bonds. The first kappa shape index (κ1) is 14.3. The highest BCUT2D eigenvalue weighted by Gasteiger charge is 2.69. The SMILES string of the molecule is CC[C@]12CC[C@@H]3C4=C(CC[C@H]3[C@@H]1[C@H]1C[C@H]1C2=O)CC(OC)=CC4. The van der Waals surface area contributed by atoms with E-state index in [-0.39, 0.29) is 5.41 Å². The van der Waals surface area contributed by atoms with Gasteiger partial charge in [-0.05, 0) is 74.7 Å². The minimum Gasteiger partial charge on any atom is -0.501 e. The Kier molecular flexibility index (Phi) is 2.95. The van der Waals surface area contributed by atoms with Gasteiger partial charge in [-0.2, -0.15) is 0 Å². The van der Waals surface area contributed by atoms with Gasteiger partial charge in [-0.15, -0.1) is 0 Å². The second-order valence-electron chi connectivity index (χ2n) is 8.64. The van der Waals surface area contributed by atoms with E-state index in [0.717, 1.165) is 37.0 Å². The Labute approximate surface area is 139 Å². The topological polar surface area (TPSA) is 26.3 Å². The van der Waals surface area contributed by atoms with Gasteiger partial charge in [0.15, 0.2) is 0 Å². The third-order valence-corrected chi connectivity index (χ3v) is 8.16. The summed E-state index contributed by atoms with van der Waals surface area (Å²) in [6.07, 6.45) is 11.8. The molecule has 0 spiro atoms. The van der Waals surface area contributed by atoms with Crippen LogP contribution in [0.2, 0.25) is 0 Å². The van der Waals surface area contributed by atoms with E-state index < -0.39 is 0 Å². The van der Waals surface area contributed by atoms with Gasteiger partial charge in [0, 0.05) is 17.8 Å². The summed E-state index contributed by atoms with van der Waals surface area (Å²) >= 11 is 0. The van der Waals surface area contributed by atoms with Crippen LogP contribution in [0.4, 0.5) is 0 Å². The third kappa shape index (κ3) is 1.73. The van der Waals surface area contributed by atoms with Crippen LogP contribution < -0.4 is 0 Å². The van der Waals surface area contributed by atoms with E-state index in [2.05, 4.69) is 13.0 Å². The van der Waals surface area contributed by atoms with Crippen LogP contribution in [-0.4, -0.2) is 12.9 Å². The molecule has 0 aromatic rings. The van der Waals surface area contributed by atoms with Crippen LogP contribution in [-0.2, 0) is 9.53 Å². The lowest BCUT2D eigenvalue weighted by molar-refractivity contribution is -0.135. The molecule has 0 saturated heterocycles. The van der Waals surface area contributed by atoms with Crippen LogP contribution in [0.15, 0.2) is 23.0 Å². The second-order valence-corrected chi connectivity index (χ2v) is 8.64. The van der Waals surface area contributed by atoms with E-state index in [1.807, 2.05) is 0 Å². The molecular weight excluding hydrogens is 284 g/mol. The van der Waals surface area contributed by atoms with Gasteiger partial charge in [0.2, 0.25) is 0 Å². The molecule has 0 aromatic carbocycles. The summed E-state index contributed by atoms with van der Waals surface area (Å²) in [6.45, 7) is 2.28. The van der Waals surface area contributed by atoms with E-state index in [4.69, 9.17) is 4.74 Å². The quantitative estimate of drug-likeness (QED) is 0.693. The number of fused-ring (bicyclic) bond motifs is 6. The molecule has 124 valence electrons. The Bertz CT molecular complexity index is 628. The molecule has 2 nitrogen and oxygen atoms in total. The number of methoxy groups -OCH3 is 1. The number of ketones is 1. The number of ether oxygens (including phenoxy) is 1. The van der Waals surface area contributed by atoms with Gasteiger partial charge in [0.25, 0.3) is 0 Å². The van der Waals surface area contributed by atoms with E-state index in [1.165, 1.54) is 37.9 Å². The molecule has 0 heterocycles. The van der Waals surface area contributed by atoms with E-state index in [9.17, 15) is 4.79 Å². The molecule has 5 aliphatic rings. The summed E-state index contributed by atoms with van der Waals surface area (Å²) < 4.78 is 5.50. The number of Topliss-reactive ketones (excluding diaryl/α,β-unsaturated/α-hetero) is 1. The largest absolute Gasteiger partial charge is 0.501 e. The van der Waals surface area contributed by atoms with Crippen molar-refractivity contribution in [3.05, 3.63) is 23.0 Å². The van der Waals surface area contributed by atoms with Crippen LogP contribution in [0, 0.1) is 35.0 Å². The normalized spacial score (nSPS) is 47.3. The van der Waals surface area contributed by atoms with Crippen molar-refractivity contribution in [3.8, 4) is 0 Å². The number of hydrogen-bond donors (Lipinski definition) is 0. The molecule has 0 aromatic heterocycles. The average Bonchev–Trinajstić information content (AvgIpc) is 3.34. The van der Waals surface area contributed by atoms with E-state index in [0.29, 0.717) is 17.6 Å². The molecule has 0 N–H and O–H groups in total. The predicted molar refractivity (Wildman–Crippen MR) is 89.6 cm³/mol. The van der Waals surface area contributed by atoms with Gasteiger partial charge in [0.1, 0.15) is 5.78 Å².